The second-order valence-corrected chi connectivity index (χ2v) is 4.77. The molecule has 1 aromatic heterocycles. The number of carboxylic acid groups (broad SMARTS) is 1. The predicted molar refractivity (Wildman–Crippen MR) is 63.6 cm³/mol. The van der Waals surface area contributed by atoms with Gasteiger partial charge in [0.15, 0.2) is 0 Å². The van der Waals surface area contributed by atoms with E-state index in [1.807, 2.05) is 17.7 Å². The third kappa shape index (κ3) is 2.49. The molecule has 0 radical (unpaired) electrons. The van der Waals surface area contributed by atoms with E-state index < -0.39 is 11.4 Å². The number of aliphatic carboxylic acids is 1. The van der Waals surface area contributed by atoms with Crippen LogP contribution in [0.1, 0.15) is 19.8 Å². The fourth-order valence-electron chi connectivity index (χ4n) is 2.44. The quantitative estimate of drug-likeness (QED) is 0.832. The minimum Gasteiger partial charge on any atom is -0.481 e. The molecule has 94 valence electrons. The first-order chi connectivity index (χ1) is 8.16. The second-order valence-electron chi connectivity index (χ2n) is 4.77. The Kier molecular flexibility index (Phi) is 3.47. The summed E-state index contributed by atoms with van der Waals surface area (Å²) in [6.07, 6.45) is 6.96. The van der Waals surface area contributed by atoms with E-state index >= 15 is 0 Å². The zero-order chi connectivity index (χ0) is 12.3. The number of rotatable bonds is 5. The summed E-state index contributed by atoms with van der Waals surface area (Å²) in [5, 5.41) is 9.29. The number of hydrogen-bond donors (Lipinski definition) is 1. The van der Waals surface area contributed by atoms with Crippen molar-refractivity contribution in [2.75, 3.05) is 19.6 Å². The summed E-state index contributed by atoms with van der Waals surface area (Å²) in [5.41, 5.74) is -0.519. The van der Waals surface area contributed by atoms with Crippen molar-refractivity contribution < 1.29 is 9.90 Å². The first kappa shape index (κ1) is 12.1. The van der Waals surface area contributed by atoms with Crippen molar-refractivity contribution in [1.29, 1.82) is 0 Å². The summed E-state index contributed by atoms with van der Waals surface area (Å²) >= 11 is 0. The Morgan fingerprint density at radius 1 is 1.53 bits per heavy atom. The Labute approximate surface area is 101 Å². The summed E-state index contributed by atoms with van der Waals surface area (Å²) in [7, 11) is 0. The maximum atomic E-state index is 11.3. The topological polar surface area (TPSA) is 58.4 Å². The first-order valence-corrected chi connectivity index (χ1v) is 6.08. The van der Waals surface area contributed by atoms with Gasteiger partial charge in [-0.05, 0) is 19.4 Å². The van der Waals surface area contributed by atoms with Crippen LogP contribution in [0, 0.1) is 5.41 Å². The Morgan fingerprint density at radius 2 is 2.35 bits per heavy atom. The Hall–Kier alpha value is -1.36. The molecule has 5 nitrogen and oxygen atoms in total. The van der Waals surface area contributed by atoms with Gasteiger partial charge in [-0.15, -0.1) is 0 Å². The molecule has 1 saturated heterocycles. The highest BCUT2D eigenvalue weighted by Crippen LogP contribution is 2.33. The molecule has 0 aliphatic carbocycles. The molecule has 0 bridgehead atoms. The Morgan fingerprint density at radius 3 is 2.88 bits per heavy atom. The van der Waals surface area contributed by atoms with Crippen LogP contribution in [0.25, 0.3) is 0 Å². The molecule has 0 amide bonds. The average Bonchev–Trinajstić information content (AvgIpc) is 2.96. The molecular weight excluding hydrogens is 218 g/mol. The maximum Gasteiger partial charge on any atom is 0.310 e. The van der Waals surface area contributed by atoms with Crippen LogP contribution in [0.3, 0.4) is 0 Å². The van der Waals surface area contributed by atoms with E-state index in [0.29, 0.717) is 13.0 Å². The summed E-state index contributed by atoms with van der Waals surface area (Å²) in [4.78, 5) is 17.5. The normalized spacial score (nSPS) is 25.2. The van der Waals surface area contributed by atoms with E-state index in [-0.39, 0.29) is 0 Å². The smallest absolute Gasteiger partial charge is 0.310 e. The standard InChI is InChI=1S/C12H19N3O2/c1-2-12(11(16)17)3-5-14(9-12)7-8-15-6-4-13-10-15/h4,6,10H,2-3,5,7-9H2,1H3,(H,16,17). The van der Waals surface area contributed by atoms with E-state index in [1.165, 1.54) is 0 Å². The van der Waals surface area contributed by atoms with Crippen molar-refractivity contribution >= 4 is 5.97 Å². The van der Waals surface area contributed by atoms with Gasteiger partial charge >= 0.3 is 5.97 Å². The van der Waals surface area contributed by atoms with E-state index in [2.05, 4.69) is 9.88 Å². The Balaban J connectivity index is 1.87. The number of carbonyl (C=O) groups is 1. The minimum absolute atomic E-state index is 0.519. The Bertz CT molecular complexity index is 377. The van der Waals surface area contributed by atoms with Crippen LogP contribution in [0.4, 0.5) is 0 Å². The molecule has 1 aliphatic rings. The molecule has 1 aromatic rings. The minimum atomic E-state index is -0.648. The van der Waals surface area contributed by atoms with E-state index in [0.717, 1.165) is 26.1 Å². The van der Waals surface area contributed by atoms with E-state index in [9.17, 15) is 9.90 Å². The lowest BCUT2D eigenvalue weighted by Crippen LogP contribution is -2.35. The highest BCUT2D eigenvalue weighted by Gasteiger charge is 2.42. The summed E-state index contributed by atoms with van der Waals surface area (Å²) in [6.45, 7) is 5.29. The summed E-state index contributed by atoms with van der Waals surface area (Å²) in [5.74, 6) is -0.648. The number of hydrogen-bond acceptors (Lipinski definition) is 3. The lowest BCUT2D eigenvalue weighted by molar-refractivity contribution is -0.148. The van der Waals surface area contributed by atoms with Crippen LogP contribution in [0.2, 0.25) is 0 Å². The van der Waals surface area contributed by atoms with Crippen LogP contribution in [-0.4, -0.2) is 45.2 Å². The molecule has 2 heterocycles. The van der Waals surface area contributed by atoms with Gasteiger partial charge in [0.25, 0.3) is 0 Å². The van der Waals surface area contributed by atoms with E-state index in [1.54, 1.807) is 12.5 Å². The summed E-state index contributed by atoms with van der Waals surface area (Å²) in [6, 6.07) is 0. The molecule has 0 saturated carbocycles. The van der Waals surface area contributed by atoms with Crippen LogP contribution < -0.4 is 0 Å². The van der Waals surface area contributed by atoms with Gasteiger partial charge in [0.1, 0.15) is 0 Å². The molecule has 1 aliphatic heterocycles. The monoisotopic (exact) mass is 237 g/mol. The largest absolute Gasteiger partial charge is 0.481 e. The lowest BCUT2D eigenvalue weighted by Gasteiger charge is -2.23. The van der Waals surface area contributed by atoms with Gasteiger partial charge in [-0.3, -0.25) is 4.79 Å². The highest BCUT2D eigenvalue weighted by molar-refractivity contribution is 5.75. The zero-order valence-corrected chi connectivity index (χ0v) is 10.2. The molecule has 0 spiro atoms. The van der Waals surface area contributed by atoms with Gasteiger partial charge in [-0.1, -0.05) is 6.92 Å². The molecular formula is C12H19N3O2. The fraction of sp³-hybridized carbons (Fsp3) is 0.667. The number of nitrogens with zero attached hydrogens (tertiary/aromatic N) is 3. The molecule has 1 unspecified atom stereocenters. The number of imidazole rings is 1. The second kappa shape index (κ2) is 4.87. The van der Waals surface area contributed by atoms with Crippen molar-refractivity contribution in [2.24, 2.45) is 5.41 Å². The molecule has 1 fully saturated rings. The first-order valence-electron chi connectivity index (χ1n) is 6.08. The van der Waals surface area contributed by atoms with Gasteiger partial charge in [-0.25, -0.2) is 4.98 Å². The maximum absolute atomic E-state index is 11.3. The molecule has 5 heteroatoms. The molecule has 1 atom stereocenters. The lowest BCUT2D eigenvalue weighted by atomic mass is 9.84. The predicted octanol–water partition coefficient (Wildman–Crippen LogP) is 1.07. The SMILES string of the molecule is CCC1(C(=O)O)CCN(CCn2ccnc2)C1. The molecule has 1 N–H and O–H groups in total. The van der Waals surface area contributed by atoms with Crippen LogP contribution in [0.15, 0.2) is 18.7 Å². The molecule has 2 rings (SSSR count). The number of aromatic nitrogens is 2. The molecule has 0 aromatic carbocycles. The third-order valence-corrected chi connectivity index (χ3v) is 3.80. The van der Waals surface area contributed by atoms with Crippen LogP contribution in [-0.2, 0) is 11.3 Å². The number of carboxylic acids is 1. The van der Waals surface area contributed by atoms with Crippen molar-refractivity contribution in [2.45, 2.75) is 26.3 Å². The molecule has 17 heavy (non-hydrogen) atoms. The van der Waals surface area contributed by atoms with Crippen molar-refractivity contribution in [3.8, 4) is 0 Å². The van der Waals surface area contributed by atoms with Gasteiger partial charge in [-0.2, -0.15) is 0 Å². The van der Waals surface area contributed by atoms with Crippen LogP contribution >= 0.6 is 0 Å². The summed E-state index contributed by atoms with van der Waals surface area (Å²) < 4.78 is 2.02. The zero-order valence-electron chi connectivity index (χ0n) is 10.2. The van der Waals surface area contributed by atoms with Crippen LogP contribution in [0.5, 0.6) is 0 Å². The van der Waals surface area contributed by atoms with Gasteiger partial charge in [0.2, 0.25) is 0 Å². The van der Waals surface area contributed by atoms with E-state index in [4.69, 9.17) is 0 Å². The highest BCUT2D eigenvalue weighted by atomic mass is 16.4. The van der Waals surface area contributed by atoms with Gasteiger partial charge in [0, 0.05) is 32.0 Å². The van der Waals surface area contributed by atoms with Crippen molar-refractivity contribution in [1.82, 2.24) is 14.5 Å². The fourth-order valence-corrected chi connectivity index (χ4v) is 2.44. The van der Waals surface area contributed by atoms with Gasteiger partial charge < -0.3 is 14.6 Å². The average molecular weight is 237 g/mol. The van der Waals surface area contributed by atoms with Crippen molar-refractivity contribution in [3.63, 3.8) is 0 Å². The van der Waals surface area contributed by atoms with Crippen molar-refractivity contribution in [3.05, 3.63) is 18.7 Å². The third-order valence-electron chi connectivity index (χ3n) is 3.80. The number of likely N-dealkylation sites (tertiary alicyclic amines) is 1. The van der Waals surface area contributed by atoms with Gasteiger partial charge in [0.05, 0.1) is 11.7 Å².